The molecule has 5 N–H and O–H groups in total. The minimum Gasteiger partial charge on any atom is -0.460 e. The molecule has 0 aliphatic rings. The van der Waals surface area contributed by atoms with Gasteiger partial charge in [-0.1, -0.05) is 0 Å². The van der Waals surface area contributed by atoms with E-state index in [1.807, 2.05) is 0 Å². The molecule has 15 heteroatoms. The van der Waals surface area contributed by atoms with E-state index in [1.54, 1.807) is 62.3 Å². The molecule has 0 saturated heterocycles. The summed E-state index contributed by atoms with van der Waals surface area (Å²) in [5.74, 6) is -4.14. The molecule has 3 amide bonds. The molecule has 0 fully saturated rings. The third kappa shape index (κ3) is 22.1. The van der Waals surface area contributed by atoms with Gasteiger partial charge in [0.1, 0.15) is 34.7 Å². The Hall–Kier alpha value is -3.59. The number of nitrogens with one attached hydrogen (secondary N) is 4. The maximum Gasteiger partial charge on any atom is 0.306 e. The number of ketones is 1. The largest absolute Gasteiger partial charge is 0.460 e. The van der Waals surface area contributed by atoms with Crippen LogP contribution < -0.4 is 21.3 Å². The van der Waals surface area contributed by atoms with Crippen molar-refractivity contribution in [2.24, 2.45) is 0 Å². The molecule has 0 bridgehead atoms. The Kier molecular flexibility index (Phi) is 19.2. The summed E-state index contributed by atoms with van der Waals surface area (Å²) >= 11 is 0. The summed E-state index contributed by atoms with van der Waals surface area (Å²) in [5.41, 5.74) is -2.28. The molecule has 0 saturated carbocycles. The Morgan fingerprint density at radius 1 is 0.542 bits per heavy atom. The number of hydrogen-bond acceptors (Lipinski definition) is 12. The SMILES string of the molecule is CN[C@H](CCC(=O)OC(C)(C)C)C(=O)N[C@H](CCC(=O)OC(C)(C)C)C(=O)N[C@H](CCC(=O)OC(C)(C)C)C(=O)NCCC(=O)CCO. The molecule has 0 aromatic heterocycles. The minimum atomic E-state index is -1.31. The van der Waals surface area contributed by atoms with Gasteiger partial charge in [0.05, 0.1) is 6.04 Å². The zero-order chi connectivity index (χ0) is 37.3. The Morgan fingerprint density at radius 3 is 1.25 bits per heavy atom. The van der Waals surface area contributed by atoms with Gasteiger partial charge in [0.25, 0.3) is 0 Å². The average molecular weight is 687 g/mol. The second-order valence-electron chi connectivity index (χ2n) is 14.4. The van der Waals surface area contributed by atoms with Crippen molar-refractivity contribution in [1.82, 2.24) is 21.3 Å². The molecular weight excluding hydrogens is 628 g/mol. The van der Waals surface area contributed by atoms with Crippen molar-refractivity contribution in [3.05, 3.63) is 0 Å². The lowest BCUT2D eigenvalue weighted by Gasteiger charge is -2.26. The number of amides is 3. The second-order valence-corrected chi connectivity index (χ2v) is 14.4. The number of aliphatic hydroxyl groups excluding tert-OH is 1. The number of esters is 3. The van der Waals surface area contributed by atoms with Gasteiger partial charge in [0, 0.05) is 45.3 Å². The number of Topliss-reactive ketones (excluding diaryl/α,β-unsaturated/α-hetero) is 1. The smallest absolute Gasteiger partial charge is 0.306 e. The van der Waals surface area contributed by atoms with E-state index in [0.717, 1.165) is 0 Å². The van der Waals surface area contributed by atoms with Crippen molar-refractivity contribution in [3.63, 3.8) is 0 Å². The van der Waals surface area contributed by atoms with Crippen LogP contribution in [-0.4, -0.2) is 102 Å². The molecule has 0 aliphatic heterocycles. The summed E-state index contributed by atoms with van der Waals surface area (Å²) in [4.78, 5) is 89.0. The molecule has 15 nitrogen and oxygen atoms in total. The third-order valence-electron chi connectivity index (χ3n) is 6.20. The number of ether oxygens (including phenoxy) is 3. The van der Waals surface area contributed by atoms with Gasteiger partial charge in [-0.15, -0.1) is 0 Å². The van der Waals surface area contributed by atoms with Crippen LogP contribution in [-0.2, 0) is 47.8 Å². The Bertz CT molecular complexity index is 1100. The molecule has 276 valence electrons. The predicted octanol–water partition coefficient (Wildman–Crippen LogP) is 1.37. The van der Waals surface area contributed by atoms with Crippen molar-refractivity contribution in [3.8, 4) is 0 Å². The Morgan fingerprint density at radius 2 is 0.896 bits per heavy atom. The van der Waals surface area contributed by atoms with E-state index in [1.165, 1.54) is 7.05 Å². The topological polar surface area (TPSA) is 216 Å². The highest BCUT2D eigenvalue weighted by atomic mass is 16.6. The van der Waals surface area contributed by atoms with E-state index in [2.05, 4.69) is 21.3 Å². The van der Waals surface area contributed by atoms with Crippen LogP contribution in [0.3, 0.4) is 0 Å². The quantitative estimate of drug-likeness (QED) is 0.0907. The first-order valence-corrected chi connectivity index (χ1v) is 16.3. The summed E-state index contributed by atoms with van der Waals surface area (Å²) in [6, 6.07) is -3.49. The molecule has 0 aliphatic carbocycles. The van der Waals surface area contributed by atoms with Crippen molar-refractivity contribution < 1.29 is 52.9 Å². The standard InChI is InChI=1S/C33H58N4O11/c1-31(2,3)46-25(40)14-11-22(34-10)29(44)37-24(13-16-27(42)48-33(7,8)9)30(45)36-23(12-15-26(41)47-32(4,5)6)28(43)35-19-17-21(39)18-20-38/h22-24,34,38H,11-20H2,1-10H3,(H,35,43)(H,36,45)(H,37,44)/t22-,23-,24-/m1/s1. The number of aliphatic hydroxyl groups is 1. The summed E-state index contributed by atoms with van der Waals surface area (Å²) in [5, 5.41) is 19.5. The van der Waals surface area contributed by atoms with Crippen LogP contribution in [0.2, 0.25) is 0 Å². The fraction of sp³-hybridized carbons (Fsp3) is 0.788. The predicted molar refractivity (Wildman–Crippen MR) is 176 cm³/mol. The minimum absolute atomic E-state index is 0.0492. The molecule has 0 radical (unpaired) electrons. The molecule has 0 unspecified atom stereocenters. The highest BCUT2D eigenvalue weighted by Crippen LogP contribution is 2.14. The van der Waals surface area contributed by atoms with Crippen molar-refractivity contribution in [2.45, 2.75) is 149 Å². The second kappa shape index (κ2) is 20.7. The monoisotopic (exact) mass is 686 g/mol. The maximum atomic E-state index is 13.6. The molecule has 0 spiro atoms. The van der Waals surface area contributed by atoms with E-state index >= 15 is 0 Å². The van der Waals surface area contributed by atoms with E-state index < -0.39 is 70.6 Å². The highest BCUT2D eigenvalue weighted by molar-refractivity contribution is 5.93. The van der Waals surface area contributed by atoms with Crippen LogP contribution >= 0.6 is 0 Å². The fourth-order valence-electron chi connectivity index (χ4n) is 4.15. The van der Waals surface area contributed by atoms with E-state index in [9.17, 15) is 33.6 Å². The van der Waals surface area contributed by atoms with Gasteiger partial charge in [0.2, 0.25) is 17.7 Å². The van der Waals surface area contributed by atoms with Crippen LogP contribution in [0, 0.1) is 0 Å². The lowest BCUT2D eigenvalue weighted by molar-refractivity contribution is -0.156. The average Bonchev–Trinajstić information content (AvgIpc) is 2.90. The number of hydrogen-bond donors (Lipinski definition) is 5. The van der Waals surface area contributed by atoms with Crippen molar-refractivity contribution in [1.29, 1.82) is 0 Å². The molecular formula is C33H58N4O11. The summed E-state index contributed by atoms with van der Waals surface area (Å²) in [7, 11) is 1.51. The number of carbonyl (C=O) groups is 7. The fourth-order valence-corrected chi connectivity index (χ4v) is 4.15. The maximum absolute atomic E-state index is 13.6. The van der Waals surface area contributed by atoms with Gasteiger partial charge in [-0.05, 0) is 88.6 Å². The van der Waals surface area contributed by atoms with Crippen LogP contribution in [0.15, 0.2) is 0 Å². The van der Waals surface area contributed by atoms with Gasteiger partial charge in [-0.25, -0.2) is 0 Å². The summed E-state index contributed by atoms with van der Waals surface area (Å²) in [6.07, 6.45) is -1.00. The number of carbonyl (C=O) groups excluding carboxylic acids is 7. The Balaban J connectivity index is 5.99. The first-order chi connectivity index (χ1) is 22.0. The van der Waals surface area contributed by atoms with Gasteiger partial charge in [0.15, 0.2) is 0 Å². The summed E-state index contributed by atoms with van der Waals surface area (Å²) < 4.78 is 16.0. The molecule has 48 heavy (non-hydrogen) atoms. The zero-order valence-corrected chi connectivity index (χ0v) is 30.3. The molecule has 0 aromatic rings. The van der Waals surface area contributed by atoms with E-state index in [0.29, 0.717) is 0 Å². The third-order valence-corrected chi connectivity index (χ3v) is 6.20. The van der Waals surface area contributed by atoms with Gasteiger partial charge < -0.3 is 40.6 Å². The lowest BCUT2D eigenvalue weighted by atomic mass is 10.1. The normalized spacial score (nSPS) is 13.7. The molecule has 0 heterocycles. The van der Waals surface area contributed by atoms with E-state index in [4.69, 9.17) is 19.3 Å². The number of likely N-dealkylation sites (N-methyl/N-ethyl adjacent to an activating group) is 1. The van der Waals surface area contributed by atoms with Gasteiger partial charge >= 0.3 is 17.9 Å². The molecule has 0 aromatic carbocycles. The van der Waals surface area contributed by atoms with Crippen LogP contribution in [0.4, 0.5) is 0 Å². The molecule has 3 atom stereocenters. The first-order valence-electron chi connectivity index (χ1n) is 16.3. The highest BCUT2D eigenvalue weighted by Gasteiger charge is 2.31. The lowest BCUT2D eigenvalue weighted by Crippen LogP contribution is -2.56. The molecule has 0 rings (SSSR count). The van der Waals surface area contributed by atoms with E-state index in [-0.39, 0.29) is 70.3 Å². The summed E-state index contributed by atoms with van der Waals surface area (Å²) in [6.45, 7) is 14.9. The van der Waals surface area contributed by atoms with Crippen molar-refractivity contribution in [2.75, 3.05) is 20.2 Å². The van der Waals surface area contributed by atoms with Crippen LogP contribution in [0.25, 0.3) is 0 Å². The zero-order valence-electron chi connectivity index (χ0n) is 30.3. The van der Waals surface area contributed by atoms with Crippen LogP contribution in [0.5, 0.6) is 0 Å². The number of rotatable bonds is 20. The first kappa shape index (κ1) is 44.4. The Labute approximate surface area is 284 Å². The van der Waals surface area contributed by atoms with Crippen molar-refractivity contribution >= 4 is 41.4 Å². The van der Waals surface area contributed by atoms with Crippen LogP contribution in [0.1, 0.15) is 114 Å². The van der Waals surface area contributed by atoms with Gasteiger partial charge in [-0.2, -0.15) is 0 Å². The van der Waals surface area contributed by atoms with Gasteiger partial charge in [-0.3, -0.25) is 33.6 Å².